The van der Waals surface area contributed by atoms with E-state index in [4.69, 9.17) is 0 Å². The molecule has 1 unspecified atom stereocenters. The fourth-order valence-corrected chi connectivity index (χ4v) is 2.58. The summed E-state index contributed by atoms with van der Waals surface area (Å²) in [7, 11) is 1.92. The van der Waals surface area contributed by atoms with Gasteiger partial charge in [0.05, 0.1) is 4.92 Å². The number of rotatable bonds is 3. The fraction of sp³-hybridized carbons (Fsp3) is 0.455. The van der Waals surface area contributed by atoms with E-state index in [1.807, 2.05) is 24.1 Å². The van der Waals surface area contributed by atoms with Crippen LogP contribution in [0.4, 0.5) is 11.4 Å². The molecule has 1 aliphatic rings. The largest absolute Gasteiger partial charge is 0.365 e. The first-order valence-corrected chi connectivity index (χ1v) is 6.55. The minimum absolute atomic E-state index is 0.186. The Morgan fingerprint density at radius 1 is 1.59 bits per heavy atom. The highest BCUT2D eigenvalue weighted by Crippen LogP contribution is 2.31. The molecule has 1 aromatic carbocycles. The van der Waals surface area contributed by atoms with E-state index in [1.54, 1.807) is 6.07 Å². The maximum absolute atomic E-state index is 11.1. The van der Waals surface area contributed by atoms with Crippen molar-refractivity contribution in [1.82, 2.24) is 5.32 Å². The molecule has 2 rings (SSSR count). The van der Waals surface area contributed by atoms with Crippen LogP contribution >= 0.6 is 22.6 Å². The third kappa shape index (κ3) is 2.68. The van der Waals surface area contributed by atoms with E-state index in [1.165, 1.54) is 0 Å². The zero-order valence-electron chi connectivity index (χ0n) is 9.52. The van der Waals surface area contributed by atoms with E-state index in [-0.39, 0.29) is 10.6 Å². The van der Waals surface area contributed by atoms with Crippen LogP contribution in [0.15, 0.2) is 18.2 Å². The minimum Gasteiger partial charge on any atom is -0.365 e. The van der Waals surface area contributed by atoms with Gasteiger partial charge in [-0.15, -0.1) is 0 Å². The summed E-state index contributed by atoms with van der Waals surface area (Å²) < 4.78 is 0.885. The Labute approximate surface area is 113 Å². The van der Waals surface area contributed by atoms with Crippen molar-refractivity contribution in [2.75, 3.05) is 25.0 Å². The summed E-state index contributed by atoms with van der Waals surface area (Å²) in [5.41, 5.74) is 0.885. The Bertz CT molecular complexity index is 433. The van der Waals surface area contributed by atoms with Crippen LogP contribution in [-0.2, 0) is 0 Å². The molecule has 1 N–H and O–H groups in total. The van der Waals surface area contributed by atoms with Crippen LogP contribution < -0.4 is 10.2 Å². The Morgan fingerprint density at radius 3 is 2.94 bits per heavy atom. The Kier molecular flexibility index (Phi) is 3.82. The van der Waals surface area contributed by atoms with Gasteiger partial charge in [-0.25, -0.2) is 0 Å². The Hall–Kier alpha value is -0.890. The van der Waals surface area contributed by atoms with Crippen LogP contribution in [-0.4, -0.2) is 31.1 Å². The quantitative estimate of drug-likeness (QED) is 0.516. The Balaban J connectivity index is 2.33. The van der Waals surface area contributed by atoms with E-state index in [0.29, 0.717) is 11.7 Å². The molecular weight excluding hydrogens is 333 g/mol. The van der Waals surface area contributed by atoms with E-state index in [9.17, 15) is 10.1 Å². The highest BCUT2D eigenvalue weighted by Gasteiger charge is 2.25. The first kappa shape index (κ1) is 12.6. The molecular formula is C11H14IN3O2. The van der Waals surface area contributed by atoms with Gasteiger partial charge in [0.25, 0.3) is 5.69 Å². The summed E-state index contributed by atoms with van der Waals surface area (Å²) >= 11 is 2.09. The van der Waals surface area contributed by atoms with Crippen LogP contribution in [0.1, 0.15) is 6.42 Å². The lowest BCUT2D eigenvalue weighted by Gasteiger charge is -2.25. The second-order valence-corrected chi connectivity index (χ2v) is 5.39. The lowest BCUT2D eigenvalue weighted by atomic mass is 10.2. The van der Waals surface area contributed by atoms with Gasteiger partial charge < -0.3 is 10.2 Å². The number of nitro benzene ring substituents is 1. The van der Waals surface area contributed by atoms with Crippen molar-refractivity contribution in [1.29, 1.82) is 0 Å². The highest BCUT2D eigenvalue weighted by molar-refractivity contribution is 14.1. The van der Waals surface area contributed by atoms with E-state index < -0.39 is 0 Å². The van der Waals surface area contributed by atoms with Crippen molar-refractivity contribution < 1.29 is 4.92 Å². The smallest absolute Gasteiger partial charge is 0.293 e. The van der Waals surface area contributed by atoms with Crippen LogP contribution in [0.25, 0.3) is 0 Å². The van der Waals surface area contributed by atoms with Crippen molar-refractivity contribution in [3.8, 4) is 0 Å². The number of anilines is 1. The van der Waals surface area contributed by atoms with Crippen molar-refractivity contribution in [3.63, 3.8) is 0 Å². The summed E-state index contributed by atoms with van der Waals surface area (Å²) in [6.07, 6.45) is 1.03. The van der Waals surface area contributed by atoms with Crippen LogP contribution in [0.3, 0.4) is 0 Å². The Morgan fingerprint density at radius 2 is 2.35 bits per heavy atom. The monoisotopic (exact) mass is 347 g/mol. The predicted octanol–water partition coefficient (Wildman–Crippen LogP) is 2.00. The third-order valence-corrected chi connectivity index (χ3v) is 3.77. The van der Waals surface area contributed by atoms with Crippen LogP contribution in [0.5, 0.6) is 0 Å². The summed E-state index contributed by atoms with van der Waals surface area (Å²) in [6.45, 7) is 1.87. The van der Waals surface area contributed by atoms with Crippen LogP contribution in [0.2, 0.25) is 0 Å². The van der Waals surface area contributed by atoms with E-state index >= 15 is 0 Å². The number of hydrogen-bond donors (Lipinski definition) is 1. The molecule has 5 nitrogen and oxygen atoms in total. The molecule has 17 heavy (non-hydrogen) atoms. The van der Waals surface area contributed by atoms with E-state index in [0.717, 1.165) is 23.1 Å². The maximum atomic E-state index is 11.1. The van der Waals surface area contributed by atoms with Gasteiger partial charge in [-0.2, -0.15) is 0 Å². The number of hydrogen-bond acceptors (Lipinski definition) is 4. The summed E-state index contributed by atoms with van der Waals surface area (Å²) in [5.74, 6) is 0. The number of nitro groups is 1. The number of nitrogens with zero attached hydrogens (tertiary/aromatic N) is 2. The van der Waals surface area contributed by atoms with Gasteiger partial charge in [0.1, 0.15) is 5.69 Å². The molecule has 0 aliphatic carbocycles. The number of nitrogens with one attached hydrogen (secondary N) is 1. The third-order valence-electron chi connectivity index (χ3n) is 3.10. The molecule has 0 saturated carbocycles. The van der Waals surface area contributed by atoms with Gasteiger partial charge in [0.15, 0.2) is 0 Å². The second kappa shape index (κ2) is 5.18. The molecule has 1 aliphatic heterocycles. The first-order valence-electron chi connectivity index (χ1n) is 5.47. The van der Waals surface area contributed by atoms with Gasteiger partial charge >= 0.3 is 0 Å². The van der Waals surface area contributed by atoms with Gasteiger partial charge in [-0.05, 0) is 47.7 Å². The average Bonchev–Trinajstić information content (AvgIpc) is 2.81. The molecule has 0 aromatic heterocycles. The molecule has 6 heteroatoms. The first-order chi connectivity index (χ1) is 8.09. The SMILES string of the molecule is CN(c1ccc(I)cc1[N+](=O)[O-])C1CCNC1. The normalized spacial score (nSPS) is 19.3. The van der Waals surface area contributed by atoms with Crippen molar-refractivity contribution in [3.05, 3.63) is 31.9 Å². The number of likely N-dealkylation sites (N-methyl/N-ethyl adjacent to an activating group) is 1. The number of halogens is 1. The zero-order valence-corrected chi connectivity index (χ0v) is 11.7. The lowest BCUT2D eigenvalue weighted by molar-refractivity contribution is -0.384. The van der Waals surface area contributed by atoms with E-state index in [2.05, 4.69) is 27.9 Å². The number of benzene rings is 1. The summed E-state index contributed by atoms with van der Waals surface area (Å²) in [5, 5.41) is 14.3. The van der Waals surface area contributed by atoms with Gasteiger partial charge in [0, 0.05) is 29.3 Å². The predicted molar refractivity (Wildman–Crippen MR) is 75.5 cm³/mol. The van der Waals surface area contributed by atoms with Crippen molar-refractivity contribution >= 4 is 34.0 Å². The molecule has 1 aromatic rings. The van der Waals surface area contributed by atoms with Gasteiger partial charge in [-0.3, -0.25) is 10.1 Å². The second-order valence-electron chi connectivity index (χ2n) is 4.15. The molecule has 1 heterocycles. The molecule has 92 valence electrons. The molecule has 0 radical (unpaired) electrons. The standard InChI is InChI=1S/C11H14IN3O2/c1-14(9-4-5-13-7-9)10-3-2-8(12)6-11(10)15(16)17/h2-3,6,9,13H,4-5,7H2,1H3. The molecule has 0 bridgehead atoms. The minimum atomic E-state index is -0.309. The van der Waals surface area contributed by atoms with Gasteiger partial charge in [-0.1, -0.05) is 0 Å². The fourth-order valence-electron chi connectivity index (χ4n) is 2.11. The van der Waals surface area contributed by atoms with Crippen molar-refractivity contribution in [2.24, 2.45) is 0 Å². The summed E-state index contributed by atoms with van der Waals surface area (Å²) in [6, 6.07) is 5.70. The van der Waals surface area contributed by atoms with Gasteiger partial charge in [0.2, 0.25) is 0 Å². The zero-order chi connectivity index (χ0) is 12.4. The highest BCUT2D eigenvalue weighted by atomic mass is 127. The maximum Gasteiger partial charge on any atom is 0.293 e. The lowest BCUT2D eigenvalue weighted by Crippen LogP contribution is -2.33. The molecule has 0 spiro atoms. The van der Waals surface area contributed by atoms with Crippen LogP contribution in [0, 0.1) is 13.7 Å². The topological polar surface area (TPSA) is 58.4 Å². The molecule has 1 fully saturated rings. The average molecular weight is 347 g/mol. The molecule has 0 amide bonds. The van der Waals surface area contributed by atoms with Crippen molar-refractivity contribution in [2.45, 2.75) is 12.5 Å². The molecule has 1 atom stereocenters. The molecule has 1 saturated heterocycles. The summed E-state index contributed by atoms with van der Waals surface area (Å²) in [4.78, 5) is 12.8.